The average Bonchev–Trinajstić information content (AvgIpc) is 2.11. The van der Waals surface area contributed by atoms with Gasteiger partial charge in [-0.2, -0.15) is 0 Å². The van der Waals surface area contributed by atoms with E-state index in [9.17, 15) is 8.42 Å². The molecule has 0 spiro atoms. The second-order valence-corrected chi connectivity index (χ2v) is 9.86. The van der Waals surface area contributed by atoms with Crippen molar-refractivity contribution in [3.63, 3.8) is 0 Å². The molecule has 1 aliphatic heterocycles. The summed E-state index contributed by atoms with van der Waals surface area (Å²) >= 11 is 0. The van der Waals surface area contributed by atoms with E-state index in [2.05, 4.69) is 44.8 Å². The highest BCUT2D eigenvalue weighted by molar-refractivity contribution is 7.90. The molecule has 0 bridgehead atoms. The van der Waals surface area contributed by atoms with Gasteiger partial charge in [0.15, 0.2) is 0 Å². The van der Waals surface area contributed by atoms with Crippen LogP contribution >= 0.6 is 0 Å². The SMILES string of the molecule is CC1(C)CN(CCCS(C)(=O)=O)C(C(C)(C)C)CN1. The predicted octanol–water partition coefficient (Wildman–Crippen LogP) is 1.52. The summed E-state index contributed by atoms with van der Waals surface area (Å²) in [6, 6.07) is 0.458. The van der Waals surface area contributed by atoms with E-state index in [0.29, 0.717) is 6.04 Å². The van der Waals surface area contributed by atoms with Gasteiger partial charge in [0.25, 0.3) is 0 Å². The predicted molar refractivity (Wildman–Crippen MR) is 81.2 cm³/mol. The Balaban J connectivity index is 2.67. The van der Waals surface area contributed by atoms with Gasteiger partial charge in [0.2, 0.25) is 0 Å². The maximum atomic E-state index is 11.2. The van der Waals surface area contributed by atoms with Crippen molar-refractivity contribution in [3.8, 4) is 0 Å². The van der Waals surface area contributed by atoms with E-state index in [-0.39, 0.29) is 16.7 Å². The van der Waals surface area contributed by atoms with Gasteiger partial charge in [-0.15, -0.1) is 0 Å². The van der Waals surface area contributed by atoms with Crippen LogP contribution in [0.2, 0.25) is 0 Å². The molecular weight excluding hydrogens is 260 g/mol. The Kier molecular flexibility index (Phi) is 5.08. The fourth-order valence-corrected chi connectivity index (χ4v) is 3.45. The Hall–Kier alpha value is -0.130. The third kappa shape index (κ3) is 5.79. The van der Waals surface area contributed by atoms with Crippen LogP contribution in [0.15, 0.2) is 0 Å². The van der Waals surface area contributed by atoms with Crippen molar-refractivity contribution >= 4 is 9.84 Å². The van der Waals surface area contributed by atoms with Crippen LogP contribution < -0.4 is 5.32 Å². The molecule has 0 amide bonds. The Labute approximate surface area is 118 Å². The lowest BCUT2D eigenvalue weighted by molar-refractivity contribution is 0.0336. The van der Waals surface area contributed by atoms with Crippen LogP contribution in [0.4, 0.5) is 0 Å². The highest BCUT2D eigenvalue weighted by atomic mass is 32.2. The molecule has 5 heteroatoms. The molecule has 1 rings (SSSR count). The number of nitrogens with one attached hydrogen (secondary N) is 1. The third-order valence-electron chi connectivity index (χ3n) is 3.77. The Morgan fingerprint density at radius 2 is 1.89 bits per heavy atom. The van der Waals surface area contributed by atoms with Gasteiger partial charge in [-0.05, 0) is 32.2 Å². The van der Waals surface area contributed by atoms with Gasteiger partial charge in [-0.25, -0.2) is 8.42 Å². The Morgan fingerprint density at radius 3 is 2.37 bits per heavy atom. The first-order valence-electron chi connectivity index (χ1n) is 7.07. The van der Waals surface area contributed by atoms with Crippen LogP contribution in [-0.4, -0.2) is 56.5 Å². The van der Waals surface area contributed by atoms with Crippen molar-refractivity contribution < 1.29 is 8.42 Å². The third-order valence-corrected chi connectivity index (χ3v) is 4.80. The van der Waals surface area contributed by atoms with E-state index in [1.807, 2.05) is 0 Å². The van der Waals surface area contributed by atoms with E-state index in [4.69, 9.17) is 0 Å². The van der Waals surface area contributed by atoms with Crippen LogP contribution in [0.3, 0.4) is 0 Å². The molecule has 114 valence electrons. The van der Waals surface area contributed by atoms with Gasteiger partial charge in [-0.1, -0.05) is 20.8 Å². The zero-order valence-electron chi connectivity index (χ0n) is 13.3. The molecule has 1 heterocycles. The standard InChI is InChI=1S/C14H30N2O2S/c1-13(2,3)12-10-15-14(4,5)11-16(12)8-7-9-19(6,17)18/h12,15H,7-11H2,1-6H3. The summed E-state index contributed by atoms with van der Waals surface area (Å²) in [6.07, 6.45) is 2.04. The van der Waals surface area contributed by atoms with E-state index in [1.165, 1.54) is 6.26 Å². The highest BCUT2D eigenvalue weighted by Gasteiger charge is 2.37. The molecule has 1 saturated heterocycles. The number of hydrogen-bond acceptors (Lipinski definition) is 4. The van der Waals surface area contributed by atoms with Crippen LogP contribution in [0.1, 0.15) is 41.0 Å². The molecule has 1 unspecified atom stereocenters. The Bertz CT molecular complexity index is 396. The molecule has 19 heavy (non-hydrogen) atoms. The fourth-order valence-electron chi connectivity index (χ4n) is 2.79. The monoisotopic (exact) mass is 290 g/mol. The van der Waals surface area contributed by atoms with Crippen molar-refractivity contribution in [2.45, 2.75) is 52.6 Å². The van der Waals surface area contributed by atoms with Gasteiger partial charge < -0.3 is 5.32 Å². The van der Waals surface area contributed by atoms with E-state index in [0.717, 1.165) is 26.1 Å². The van der Waals surface area contributed by atoms with Gasteiger partial charge in [0.1, 0.15) is 9.84 Å². The fraction of sp³-hybridized carbons (Fsp3) is 1.00. The molecule has 0 aromatic carbocycles. The molecule has 0 aliphatic carbocycles. The number of sulfone groups is 1. The summed E-state index contributed by atoms with van der Waals surface area (Å²) < 4.78 is 22.5. The smallest absolute Gasteiger partial charge is 0.147 e. The van der Waals surface area contributed by atoms with E-state index >= 15 is 0 Å². The lowest BCUT2D eigenvalue weighted by Crippen LogP contribution is -2.64. The number of hydrogen-bond donors (Lipinski definition) is 1. The maximum absolute atomic E-state index is 11.2. The summed E-state index contributed by atoms with van der Waals surface area (Å²) in [5.74, 6) is 0.286. The van der Waals surface area contributed by atoms with Gasteiger partial charge >= 0.3 is 0 Å². The van der Waals surface area contributed by atoms with Crippen molar-refractivity contribution in [3.05, 3.63) is 0 Å². The summed E-state index contributed by atoms with van der Waals surface area (Å²) in [5, 5.41) is 3.59. The van der Waals surface area contributed by atoms with Crippen LogP contribution in [0.25, 0.3) is 0 Å². The second-order valence-electron chi connectivity index (χ2n) is 7.60. The molecule has 1 fully saturated rings. The summed E-state index contributed by atoms with van der Waals surface area (Å²) in [5.41, 5.74) is 0.307. The molecule has 1 aliphatic rings. The first kappa shape index (κ1) is 16.9. The quantitative estimate of drug-likeness (QED) is 0.853. The van der Waals surface area contributed by atoms with Crippen molar-refractivity contribution in [2.24, 2.45) is 5.41 Å². The first-order chi connectivity index (χ1) is 8.41. The van der Waals surface area contributed by atoms with Gasteiger partial charge in [-0.3, -0.25) is 4.90 Å². The topological polar surface area (TPSA) is 49.4 Å². The van der Waals surface area contributed by atoms with E-state index in [1.54, 1.807) is 0 Å². The lowest BCUT2D eigenvalue weighted by atomic mass is 9.82. The lowest BCUT2D eigenvalue weighted by Gasteiger charge is -2.49. The zero-order chi connectivity index (χ0) is 14.9. The summed E-state index contributed by atoms with van der Waals surface area (Å²) in [6.45, 7) is 14.0. The number of rotatable bonds is 4. The van der Waals surface area contributed by atoms with Gasteiger partial charge in [0, 0.05) is 30.9 Å². The number of piperazine rings is 1. The van der Waals surface area contributed by atoms with E-state index < -0.39 is 9.84 Å². The van der Waals surface area contributed by atoms with Crippen molar-refractivity contribution in [1.29, 1.82) is 0 Å². The summed E-state index contributed by atoms with van der Waals surface area (Å²) in [7, 11) is -2.85. The molecule has 0 radical (unpaired) electrons. The van der Waals surface area contributed by atoms with Crippen molar-refractivity contribution in [2.75, 3.05) is 31.6 Å². The first-order valence-corrected chi connectivity index (χ1v) is 9.14. The van der Waals surface area contributed by atoms with Crippen LogP contribution in [-0.2, 0) is 9.84 Å². The molecule has 0 aromatic heterocycles. The van der Waals surface area contributed by atoms with Gasteiger partial charge in [0.05, 0.1) is 5.75 Å². The zero-order valence-corrected chi connectivity index (χ0v) is 14.1. The largest absolute Gasteiger partial charge is 0.309 e. The normalized spacial score (nSPS) is 25.5. The highest BCUT2D eigenvalue weighted by Crippen LogP contribution is 2.28. The van der Waals surface area contributed by atoms with Crippen LogP contribution in [0.5, 0.6) is 0 Å². The average molecular weight is 290 g/mol. The minimum atomic E-state index is -2.85. The molecule has 0 aromatic rings. The summed E-state index contributed by atoms with van der Waals surface area (Å²) in [4.78, 5) is 2.46. The minimum absolute atomic E-state index is 0.104. The van der Waals surface area contributed by atoms with Crippen LogP contribution in [0, 0.1) is 5.41 Å². The Morgan fingerprint density at radius 1 is 1.32 bits per heavy atom. The van der Waals surface area contributed by atoms with Crippen molar-refractivity contribution in [1.82, 2.24) is 10.2 Å². The molecule has 4 nitrogen and oxygen atoms in total. The molecular formula is C14H30N2O2S. The number of nitrogens with zero attached hydrogens (tertiary/aromatic N) is 1. The maximum Gasteiger partial charge on any atom is 0.147 e. The second kappa shape index (κ2) is 5.70. The molecule has 1 atom stereocenters. The molecule has 1 N–H and O–H groups in total. The minimum Gasteiger partial charge on any atom is -0.309 e. The molecule has 0 saturated carbocycles.